The van der Waals surface area contributed by atoms with Gasteiger partial charge in [-0.25, -0.2) is 4.98 Å². The molecule has 0 spiro atoms. The van der Waals surface area contributed by atoms with E-state index in [9.17, 15) is 8.78 Å². The molecule has 1 aromatic rings. The smallest absolute Gasteiger partial charge is 0.388 e. The summed E-state index contributed by atoms with van der Waals surface area (Å²) >= 11 is 5.39. The highest BCUT2D eigenvalue weighted by Gasteiger charge is 2.04. The molecule has 2 nitrogen and oxygen atoms in total. The predicted molar refractivity (Wildman–Crippen MR) is 35.9 cm³/mol. The Kier molecular flexibility index (Phi) is 2.59. The molecule has 1 heterocycles. The molecule has 0 atom stereocenters. The molecule has 1 aromatic heterocycles. The van der Waals surface area contributed by atoms with Gasteiger partial charge in [0.2, 0.25) is 5.88 Å². The van der Waals surface area contributed by atoms with Crippen molar-refractivity contribution in [2.24, 2.45) is 0 Å². The minimum Gasteiger partial charge on any atom is -0.417 e. The fraction of sp³-hybridized carbons (Fsp3) is 0.167. The largest absolute Gasteiger partial charge is 0.417 e. The Morgan fingerprint density at radius 2 is 2.18 bits per heavy atom. The molecule has 1 rings (SSSR count). The summed E-state index contributed by atoms with van der Waals surface area (Å²) in [5, 5.41) is 0.128. The van der Waals surface area contributed by atoms with Crippen molar-refractivity contribution in [1.29, 1.82) is 0 Å². The van der Waals surface area contributed by atoms with Crippen molar-refractivity contribution in [3.63, 3.8) is 0 Å². The van der Waals surface area contributed by atoms with E-state index in [4.69, 9.17) is 11.6 Å². The summed E-state index contributed by atoms with van der Waals surface area (Å²) in [6, 6.07) is 4.25. The molecule has 0 unspecified atom stereocenters. The van der Waals surface area contributed by atoms with Crippen LogP contribution in [0.4, 0.5) is 8.78 Å². The van der Waals surface area contributed by atoms with Crippen LogP contribution in [0.25, 0.3) is 0 Å². The molecule has 0 N–H and O–H groups in total. The van der Waals surface area contributed by atoms with E-state index in [0.29, 0.717) is 0 Å². The van der Waals surface area contributed by atoms with Crippen molar-refractivity contribution in [2.75, 3.05) is 0 Å². The maximum atomic E-state index is 11.5. The van der Waals surface area contributed by atoms with Gasteiger partial charge in [0, 0.05) is 6.07 Å². The van der Waals surface area contributed by atoms with Crippen LogP contribution >= 0.6 is 11.6 Å². The second kappa shape index (κ2) is 3.48. The number of hydrogen-bond donors (Lipinski definition) is 0. The van der Waals surface area contributed by atoms with Crippen LogP contribution < -0.4 is 4.74 Å². The quantitative estimate of drug-likeness (QED) is 0.650. The molecule has 60 valence electrons. The first-order chi connectivity index (χ1) is 5.18. The number of hydrogen-bond acceptors (Lipinski definition) is 2. The number of halogens is 3. The minimum absolute atomic E-state index is 0.128. The van der Waals surface area contributed by atoms with E-state index in [1.807, 2.05) is 0 Å². The van der Waals surface area contributed by atoms with E-state index >= 15 is 0 Å². The third-order valence-corrected chi connectivity index (χ3v) is 1.11. The van der Waals surface area contributed by atoms with Crippen LogP contribution in [0.5, 0.6) is 5.88 Å². The number of rotatable bonds is 2. The first-order valence-corrected chi connectivity index (χ1v) is 3.13. The van der Waals surface area contributed by atoms with Crippen LogP contribution in [0.2, 0.25) is 5.15 Å². The van der Waals surface area contributed by atoms with Crippen molar-refractivity contribution in [3.05, 3.63) is 23.4 Å². The molecule has 0 aliphatic rings. The summed E-state index contributed by atoms with van der Waals surface area (Å²) < 4.78 is 27.1. The molecule has 11 heavy (non-hydrogen) atoms. The van der Waals surface area contributed by atoms with Crippen LogP contribution in [-0.2, 0) is 0 Å². The van der Waals surface area contributed by atoms with Crippen LogP contribution in [0.3, 0.4) is 0 Å². The van der Waals surface area contributed by atoms with Gasteiger partial charge in [0.15, 0.2) is 0 Å². The van der Waals surface area contributed by atoms with Crippen molar-refractivity contribution < 1.29 is 13.5 Å². The van der Waals surface area contributed by atoms with Gasteiger partial charge in [-0.1, -0.05) is 17.7 Å². The minimum atomic E-state index is -2.86. The van der Waals surface area contributed by atoms with Gasteiger partial charge in [0.25, 0.3) is 0 Å². The molecule has 0 fully saturated rings. The Morgan fingerprint density at radius 1 is 1.45 bits per heavy atom. The third-order valence-electron chi connectivity index (χ3n) is 0.899. The zero-order valence-electron chi connectivity index (χ0n) is 5.30. The monoisotopic (exact) mass is 179 g/mol. The zero-order valence-corrected chi connectivity index (χ0v) is 6.05. The Hall–Kier alpha value is -0.900. The van der Waals surface area contributed by atoms with Gasteiger partial charge in [-0.15, -0.1) is 0 Å². The molecule has 5 heteroatoms. The van der Waals surface area contributed by atoms with Crippen molar-refractivity contribution >= 4 is 11.6 Å². The zero-order chi connectivity index (χ0) is 8.27. The molecule has 0 radical (unpaired) electrons. The Labute approximate surface area is 66.8 Å². The van der Waals surface area contributed by atoms with Crippen molar-refractivity contribution in [1.82, 2.24) is 4.98 Å². The van der Waals surface area contributed by atoms with Crippen LogP contribution in [0.15, 0.2) is 18.2 Å². The third kappa shape index (κ3) is 2.67. The van der Waals surface area contributed by atoms with Gasteiger partial charge in [-0.3, -0.25) is 0 Å². The highest BCUT2D eigenvalue weighted by Crippen LogP contribution is 2.13. The molecule has 0 aliphatic carbocycles. The Morgan fingerprint density at radius 3 is 2.73 bits per heavy atom. The molecule has 0 saturated heterocycles. The lowest BCUT2D eigenvalue weighted by atomic mass is 10.5. The number of aromatic nitrogens is 1. The molecular formula is C6H4ClF2NO. The van der Waals surface area contributed by atoms with E-state index < -0.39 is 6.61 Å². The van der Waals surface area contributed by atoms with Gasteiger partial charge in [-0.05, 0) is 6.07 Å². The highest BCUT2D eigenvalue weighted by atomic mass is 35.5. The van der Waals surface area contributed by atoms with Gasteiger partial charge < -0.3 is 4.74 Å². The maximum Gasteiger partial charge on any atom is 0.388 e. The van der Waals surface area contributed by atoms with E-state index in [1.165, 1.54) is 18.2 Å². The summed E-state index contributed by atoms with van der Waals surface area (Å²) in [5.74, 6) is -0.174. The van der Waals surface area contributed by atoms with Crippen molar-refractivity contribution in [2.45, 2.75) is 6.61 Å². The predicted octanol–water partition coefficient (Wildman–Crippen LogP) is 2.34. The Balaban J connectivity index is 2.71. The summed E-state index contributed by atoms with van der Waals surface area (Å²) in [6.45, 7) is -2.86. The lowest BCUT2D eigenvalue weighted by Gasteiger charge is -2.01. The molecular weight excluding hydrogens is 176 g/mol. The molecule has 0 aliphatic heterocycles. The van der Waals surface area contributed by atoms with E-state index in [2.05, 4.69) is 9.72 Å². The average Bonchev–Trinajstić information content (AvgIpc) is 1.85. The topological polar surface area (TPSA) is 22.1 Å². The summed E-state index contributed by atoms with van der Waals surface area (Å²) in [7, 11) is 0. The molecule has 0 bridgehead atoms. The fourth-order valence-electron chi connectivity index (χ4n) is 0.547. The number of alkyl halides is 2. The molecule has 0 amide bonds. The lowest BCUT2D eigenvalue weighted by Crippen LogP contribution is -2.03. The van der Waals surface area contributed by atoms with Crippen LogP contribution in [0, 0.1) is 0 Å². The van der Waals surface area contributed by atoms with Crippen LogP contribution in [-0.4, -0.2) is 11.6 Å². The molecule has 0 saturated carbocycles. The normalized spacial score (nSPS) is 10.2. The van der Waals surface area contributed by atoms with Crippen LogP contribution in [0.1, 0.15) is 0 Å². The summed E-state index contributed by atoms with van der Waals surface area (Å²) in [4.78, 5) is 3.48. The Bertz CT molecular complexity index is 244. The summed E-state index contributed by atoms with van der Waals surface area (Å²) in [5.41, 5.74) is 0. The van der Waals surface area contributed by atoms with Gasteiger partial charge in [-0.2, -0.15) is 8.78 Å². The standard InChI is InChI=1S/C6H4ClF2NO/c7-4-2-1-3-5(10-4)11-6(8)9/h1-3,6H. The molecule has 0 aromatic carbocycles. The first-order valence-electron chi connectivity index (χ1n) is 2.76. The maximum absolute atomic E-state index is 11.5. The van der Waals surface area contributed by atoms with Crippen molar-refractivity contribution in [3.8, 4) is 5.88 Å². The van der Waals surface area contributed by atoms with E-state index in [1.54, 1.807) is 0 Å². The fourth-order valence-corrected chi connectivity index (χ4v) is 0.703. The lowest BCUT2D eigenvalue weighted by molar-refractivity contribution is -0.0528. The summed E-state index contributed by atoms with van der Waals surface area (Å²) in [6.07, 6.45) is 0. The van der Waals surface area contributed by atoms with Gasteiger partial charge >= 0.3 is 6.61 Å². The number of ether oxygens (including phenoxy) is 1. The average molecular weight is 180 g/mol. The second-order valence-electron chi connectivity index (χ2n) is 1.68. The SMILES string of the molecule is FC(F)Oc1cccc(Cl)n1. The van der Waals surface area contributed by atoms with Gasteiger partial charge in [0.1, 0.15) is 5.15 Å². The number of pyridine rings is 1. The first kappa shape index (κ1) is 8.20. The van der Waals surface area contributed by atoms with E-state index in [0.717, 1.165) is 0 Å². The van der Waals surface area contributed by atoms with E-state index in [-0.39, 0.29) is 11.0 Å². The highest BCUT2D eigenvalue weighted by molar-refractivity contribution is 6.29. The number of nitrogens with zero attached hydrogens (tertiary/aromatic N) is 1. The van der Waals surface area contributed by atoms with Gasteiger partial charge in [0.05, 0.1) is 0 Å². The second-order valence-corrected chi connectivity index (χ2v) is 2.06.